The Labute approximate surface area is 109 Å². The fourth-order valence-electron chi connectivity index (χ4n) is 2.31. The maximum absolute atomic E-state index is 12.0. The van der Waals surface area contributed by atoms with Crippen molar-refractivity contribution in [2.45, 2.75) is 52.2 Å². The third kappa shape index (κ3) is 3.85. The molecule has 1 saturated heterocycles. The van der Waals surface area contributed by atoms with Crippen molar-refractivity contribution >= 4 is 6.09 Å². The van der Waals surface area contributed by atoms with E-state index in [1.807, 2.05) is 27.7 Å². The van der Waals surface area contributed by atoms with Crippen LogP contribution in [0.2, 0.25) is 0 Å². The summed E-state index contributed by atoms with van der Waals surface area (Å²) in [5.41, 5.74) is 4.71. The third-order valence-electron chi connectivity index (χ3n) is 3.41. The first-order chi connectivity index (χ1) is 8.18. The van der Waals surface area contributed by atoms with E-state index >= 15 is 0 Å². The molecule has 0 aromatic heterocycles. The molecule has 1 rings (SSSR count). The van der Waals surface area contributed by atoms with Gasteiger partial charge in [-0.2, -0.15) is 0 Å². The zero-order chi connectivity index (χ0) is 14.0. The molecule has 0 aromatic rings. The molecule has 0 bridgehead atoms. The zero-order valence-corrected chi connectivity index (χ0v) is 11.9. The number of aliphatic hydroxyl groups excluding tert-OH is 1. The quantitative estimate of drug-likeness (QED) is 0.784. The van der Waals surface area contributed by atoms with Gasteiger partial charge in [-0.15, -0.1) is 0 Å². The number of carbonyl (C=O) groups is 1. The third-order valence-corrected chi connectivity index (χ3v) is 3.41. The van der Waals surface area contributed by atoms with Crippen molar-refractivity contribution in [2.24, 2.45) is 11.1 Å². The monoisotopic (exact) mass is 258 g/mol. The van der Waals surface area contributed by atoms with Gasteiger partial charge in [-0.25, -0.2) is 4.79 Å². The van der Waals surface area contributed by atoms with E-state index in [2.05, 4.69) is 0 Å². The van der Waals surface area contributed by atoms with Gasteiger partial charge in [0, 0.05) is 25.0 Å². The molecule has 0 radical (unpaired) electrons. The number of hydrogen-bond donors (Lipinski definition) is 2. The molecule has 106 valence electrons. The average molecular weight is 258 g/mol. The highest BCUT2D eigenvalue weighted by Crippen LogP contribution is 2.33. The Morgan fingerprint density at radius 2 is 2.17 bits per heavy atom. The molecule has 3 N–H and O–H groups in total. The molecular weight excluding hydrogens is 232 g/mol. The van der Waals surface area contributed by atoms with E-state index in [0.29, 0.717) is 13.1 Å². The average Bonchev–Trinajstić information content (AvgIpc) is 2.25. The summed E-state index contributed by atoms with van der Waals surface area (Å²) in [4.78, 5) is 13.7. The first-order valence-corrected chi connectivity index (χ1v) is 6.54. The van der Waals surface area contributed by atoms with E-state index in [0.717, 1.165) is 12.8 Å². The van der Waals surface area contributed by atoms with Gasteiger partial charge in [-0.1, -0.05) is 6.92 Å². The van der Waals surface area contributed by atoms with Gasteiger partial charge in [0.1, 0.15) is 5.60 Å². The molecule has 5 heteroatoms. The second kappa shape index (κ2) is 5.45. The second-order valence-electron chi connectivity index (χ2n) is 6.41. The molecule has 0 aromatic carbocycles. The van der Waals surface area contributed by atoms with Crippen molar-refractivity contribution in [3.63, 3.8) is 0 Å². The van der Waals surface area contributed by atoms with Crippen LogP contribution in [0.15, 0.2) is 0 Å². The highest BCUT2D eigenvalue weighted by atomic mass is 16.6. The Balaban J connectivity index is 2.66. The number of nitrogens with two attached hydrogens (primary N) is 1. The first kappa shape index (κ1) is 15.2. The molecule has 1 amide bonds. The standard InChI is InChI=1S/C13H26N2O3/c1-12(2,3)18-11(17)15-7-5-6-13(4,9-15)10(16)8-14/h10,16H,5-9,14H2,1-4H3. The summed E-state index contributed by atoms with van der Waals surface area (Å²) in [6, 6.07) is 0. The predicted octanol–water partition coefficient (Wildman–Crippen LogP) is 1.34. The van der Waals surface area contributed by atoms with Gasteiger partial charge < -0.3 is 20.5 Å². The normalized spacial score (nSPS) is 26.9. The van der Waals surface area contributed by atoms with Crippen LogP contribution < -0.4 is 5.73 Å². The molecule has 0 saturated carbocycles. The highest BCUT2D eigenvalue weighted by molar-refractivity contribution is 5.68. The SMILES string of the molecule is CC(C)(C)OC(=O)N1CCCC(C)(C(O)CN)C1. The van der Waals surface area contributed by atoms with E-state index in [9.17, 15) is 9.90 Å². The van der Waals surface area contributed by atoms with E-state index in [-0.39, 0.29) is 18.1 Å². The van der Waals surface area contributed by atoms with Crippen LogP contribution >= 0.6 is 0 Å². The lowest BCUT2D eigenvalue weighted by Gasteiger charge is -2.43. The molecular formula is C13H26N2O3. The van der Waals surface area contributed by atoms with Crippen molar-refractivity contribution in [1.29, 1.82) is 0 Å². The molecule has 1 heterocycles. The molecule has 5 nitrogen and oxygen atoms in total. The summed E-state index contributed by atoms with van der Waals surface area (Å²) in [5.74, 6) is 0. The lowest BCUT2D eigenvalue weighted by molar-refractivity contribution is -0.0299. The number of rotatable bonds is 2. The second-order valence-corrected chi connectivity index (χ2v) is 6.41. The van der Waals surface area contributed by atoms with E-state index in [1.54, 1.807) is 4.90 Å². The minimum atomic E-state index is -0.581. The summed E-state index contributed by atoms with van der Waals surface area (Å²) < 4.78 is 5.36. The number of nitrogens with zero attached hydrogens (tertiary/aromatic N) is 1. The summed E-state index contributed by atoms with van der Waals surface area (Å²) in [7, 11) is 0. The van der Waals surface area contributed by atoms with Gasteiger partial charge in [0.2, 0.25) is 0 Å². The number of amides is 1. The summed E-state index contributed by atoms with van der Waals surface area (Å²) in [6.07, 6.45) is 0.859. The zero-order valence-electron chi connectivity index (χ0n) is 11.9. The smallest absolute Gasteiger partial charge is 0.410 e. The van der Waals surface area contributed by atoms with Crippen molar-refractivity contribution < 1.29 is 14.6 Å². The van der Waals surface area contributed by atoms with Crippen LogP contribution in [-0.2, 0) is 4.74 Å². The number of carbonyl (C=O) groups excluding carboxylic acids is 1. The molecule has 2 atom stereocenters. The maximum atomic E-state index is 12.0. The lowest BCUT2D eigenvalue weighted by Crippen LogP contribution is -2.52. The van der Waals surface area contributed by atoms with Crippen LogP contribution in [0.4, 0.5) is 4.79 Å². The number of aliphatic hydroxyl groups is 1. The topological polar surface area (TPSA) is 75.8 Å². The largest absolute Gasteiger partial charge is 0.444 e. The van der Waals surface area contributed by atoms with Gasteiger partial charge in [0.25, 0.3) is 0 Å². The van der Waals surface area contributed by atoms with Crippen LogP contribution in [0.1, 0.15) is 40.5 Å². The molecule has 0 aliphatic carbocycles. The minimum absolute atomic E-state index is 0.221. The molecule has 1 aliphatic heterocycles. The summed E-state index contributed by atoms with van der Waals surface area (Å²) in [5, 5.41) is 9.97. The van der Waals surface area contributed by atoms with Crippen molar-refractivity contribution in [3.8, 4) is 0 Å². The Hall–Kier alpha value is -0.810. The molecule has 1 fully saturated rings. The van der Waals surface area contributed by atoms with Crippen molar-refractivity contribution in [2.75, 3.05) is 19.6 Å². The molecule has 2 unspecified atom stereocenters. The van der Waals surface area contributed by atoms with Crippen LogP contribution in [0.25, 0.3) is 0 Å². The van der Waals surface area contributed by atoms with E-state index in [4.69, 9.17) is 10.5 Å². The number of hydrogen-bond acceptors (Lipinski definition) is 4. The van der Waals surface area contributed by atoms with Crippen LogP contribution in [0.5, 0.6) is 0 Å². The van der Waals surface area contributed by atoms with Gasteiger partial charge >= 0.3 is 6.09 Å². The molecule has 18 heavy (non-hydrogen) atoms. The van der Waals surface area contributed by atoms with Crippen LogP contribution in [0.3, 0.4) is 0 Å². The van der Waals surface area contributed by atoms with Crippen LogP contribution in [0, 0.1) is 5.41 Å². The summed E-state index contributed by atoms with van der Waals surface area (Å²) >= 11 is 0. The number of piperidine rings is 1. The fraction of sp³-hybridized carbons (Fsp3) is 0.923. The Morgan fingerprint density at radius 1 is 1.56 bits per heavy atom. The van der Waals surface area contributed by atoms with Gasteiger partial charge in [0.15, 0.2) is 0 Å². The van der Waals surface area contributed by atoms with Gasteiger partial charge in [0.05, 0.1) is 6.10 Å². The van der Waals surface area contributed by atoms with E-state index < -0.39 is 11.7 Å². The van der Waals surface area contributed by atoms with Crippen molar-refractivity contribution in [3.05, 3.63) is 0 Å². The summed E-state index contributed by atoms with van der Waals surface area (Å²) in [6.45, 7) is 8.93. The first-order valence-electron chi connectivity index (χ1n) is 6.54. The maximum Gasteiger partial charge on any atom is 0.410 e. The number of likely N-dealkylation sites (tertiary alicyclic amines) is 1. The van der Waals surface area contributed by atoms with Gasteiger partial charge in [-0.05, 0) is 33.6 Å². The van der Waals surface area contributed by atoms with Crippen molar-refractivity contribution in [1.82, 2.24) is 4.90 Å². The highest BCUT2D eigenvalue weighted by Gasteiger charge is 2.39. The molecule has 1 aliphatic rings. The van der Waals surface area contributed by atoms with E-state index in [1.165, 1.54) is 0 Å². The Bertz CT molecular complexity index is 301. The lowest BCUT2D eigenvalue weighted by atomic mass is 9.77. The predicted molar refractivity (Wildman–Crippen MR) is 70.2 cm³/mol. The number of ether oxygens (including phenoxy) is 1. The van der Waals surface area contributed by atoms with Gasteiger partial charge in [-0.3, -0.25) is 0 Å². The Morgan fingerprint density at radius 3 is 2.67 bits per heavy atom. The Kier molecular flexibility index (Phi) is 4.61. The molecule has 0 spiro atoms. The fourth-order valence-corrected chi connectivity index (χ4v) is 2.31. The minimum Gasteiger partial charge on any atom is -0.444 e. The van der Waals surface area contributed by atoms with Crippen LogP contribution in [-0.4, -0.2) is 47.4 Å².